The molecule has 0 saturated heterocycles. The van der Waals surface area contributed by atoms with Crippen LogP contribution in [0.5, 0.6) is 0 Å². The molecule has 1 heterocycles. The second kappa shape index (κ2) is 5.40. The Morgan fingerprint density at radius 2 is 2.31 bits per heavy atom. The second-order valence-corrected chi connectivity index (χ2v) is 4.61. The highest BCUT2D eigenvalue weighted by molar-refractivity contribution is 7.10. The van der Waals surface area contributed by atoms with Gasteiger partial charge in [-0.3, -0.25) is 0 Å². The molecule has 1 aromatic heterocycles. The maximum atomic E-state index is 3.33. The van der Waals surface area contributed by atoms with E-state index < -0.39 is 0 Å². The molecule has 1 aromatic rings. The minimum Gasteiger partial charge on any atom is -0.317 e. The van der Waals surface area contributed by atoms with Crippen LogP contribution in [0, 0.1) is 6.92 Å². The van der Waals surface area contributed by atoms with Crippen LogP contribution in [0.25, 0.3) is 0 Å². The highest BCUT2D eigenvalue weighted by Gasteiger charge is 2.03. The van der Waals surface area contributed by atoms with Crippen molar-refractivity contribution in [2.24, 2.45) is 0 Å². The lowest BCUT2D eigenvalue weighted by Crippen LogP contribution is -2.24. The molecule has 0 amide bonds. The quantitative estimate of drug-likeness (QED) is 0.765. The van der Waals surface area contributed by atoms with Gasteiger partial charge in [0.15, 0.2) is 0 Å². The Morgan fingerprint density at radius 1 is 1.54 bits per heavy atom. The van der Waals surface area contributed by atoms with Gasteiger partial charge in [0.25, 0.3) is 0 Å². The van der Waals surface area contributed by atoms with Gasteiger partial charge in [0, 0.05) is 10.9 Å². The van der Waals surface area contributed by atoms with Crippen molar-refractivity contribution >= 4 is 11.3 Å². The van der Waals surface area contributed by atoms with E-state index in [0.29, 0.717) is 6.04 Å². The van der Waals surface area contributed by atoms with Gasteiger partial charge in [0.05, 0.1) is 0 Å². The molecule has 0 aliphatic rings. The molecule has 13 heavy (non-hydrogen) atoms. The van der Waals surface area contributed by atoms with Crippen molar-refractivity contribution in [2.45, 2.75) is 39.2 Å². The van der Waals surface area contributed by atoms with Crippen molar-refractivity contribution in [1.29, 1.82) is 0 Å². The molecule has 0 aliphatic heterocycles. The largest absolute Gasteiger partial charge is 0.317 e. The van der Waals surface area contributed by atoms with Crippen molar-refractivity contribution in [1.82, 2.24) is 5.32 Å². The minimum absolute atomic E-state index is 0.681. The summed E-state index contributed by atoms with van der Waals surface area (Å²) >= 11 is 1.85. The summed E-state index contributed by atoms with van der Waals surface area (Å²) in [5.41, 5.74) is 1.50. The van der Waals surface area contributed by atoms with Gasteiger partial charge in [-0.1, -0.05) is 6.92 Å². The zero-order valence-electron chi connectivity index (χ0n) is 8.76. The highest BCUT2D eigenvalue weighted by Crippen LogP contribution is 2.15. The van der Waals surface area contributed by atoms with Gasteiger partial charge in [-0.25, -0.2) is 0 Å². The van der Waals surface area contributed by atoms with Crippen molar-refractivity contribution < 1.29 is 0 Å². The number of nitrogens with one attached hydrogen (secondary N) is 1. The molecular formula is C11H19NS. The summed E-state index contributed by atoms with van der Waals surface area (Å²) in [5.74, 6) is 0. The number of hydrogen-bond donors (Lipinski definition) is 1. The van der Waals surface area contributed by atoms with E-state index in [1.165, 1.54) is 29.7 Å². The van der Waals surface area contributed by atoms with E-state index in [-0.39, 0.29) is 0 Å². The maximum absolute atomic E-state index is 3.33. The lowest BCUT2D eigenvalue weighted by atomic mass is 10.1. The number of hydrogen-bond acceptors (Lipinski definition) is 2. The summed E-state index contributed by atoms with van der Waals surface area (Å²) in [6.45, 7) is 4.41. The minimum atomic E-state index is 0.681. The molecule has 0 fully saturated rings. The Bertz CT molecular complexity index is 238. The normalized spacial score (nSPS) is 13.2. The molecule has 1 rings (SSSR count). The Labute approximate surface area is 85.2 Å². The average Bonchev–Trinajstić information content (AvgIpc) is 2.53. The van der Waals surface area contributed by atoms with Crippen LogP contribution >= 0.6 is 11.3 Å². The van der Waals surface area contributed by atoms with Gasteiger partial charge in [-0.05, 0) is 50.2 Å². The fourth-order valence-corrected chi connectivity index (χ4v) is 2.26. The smallest absolute Gasteiger partial charge is 0.00646 e. The average molecular weight is 197 g/mol. The molecule has 74 valence electrons. The number of thiophene rings is 1. The SMILES string of the molecule is CCC(CCc1csc(C)c1)NC. The summed E-state index contributed by atoms with van der Waals surface area (Å²) in [4.78, 5) is 1.42. The summed E-state index contributed by atoms with van der Waals surface area (Å²) in [7, 11) is 2.05. The lowest BCUT2D eigenvalue weighted by molar-refractivity contribution is 0.509. The first-order valence-corrected chi connectivity index (χ1v) is 5.85. The molecule has 0 aromatic carbocycles. The van der Waals surface area contributed by atoms with Crippen LogP contribution in [0.15, 0.2) is 11.4 Å². The first kappa shape index (κ1) is 10.7. The van der Waals surface area contributed by atoms with Gasteiger partial charge >= 0.3 is 0 Å². The van der Waals surface area contributed by atoms with Crippen molar-refractivity contribution in [3.05, 3.63) is 21.9 Å². The molecule has 2 heteroatoms. The van der Waals surface area contributed by atoms with E-state index in [1.807, 2.05) is 18.4 Å². The Kier molecular flexibility index (Phi) is 4.46. The molecule has 0 spiro atoms. The topological polar surface area (TPSA) is 12.0 Å². The van der Waals surface area contributed by atoms with Crippen LogP contribution in [0.1, 0.15) is 30.2 Å². The van der Waals surface area contributed by atoms with Crippen molar-refractivity contribution in [3.8, 4) is 0 Å². The zero-order valence-corrected chi connectivity index (χ0v) is 9.58. The van der Waals surface area contributed by atoms with E-state index in [0.717, 1.165) is 0 Å². The fourth-order valence-electron chi connectivity index (χ4n) is 1.52. The van der Waals surface area contributed by atoms with Crippen LogP contribution in [-0.4, -0.2) is 13.1 Å². The van der Waals surface area contributed by atoms with Crippen LogP contribution < -0.4 is 5.32 Å². The zero-order chi connectivity index (χ0) is 9.68. The molecule has 0 bridgehead atoms. The molecule has 0 radical (unpaired) electrons. The predicted octanol–water partition coefficient (Wildman–Crippen LogP) is 2.99. The van der Waals surface area contributed by atoms with Crippen LogP contribution in [0.4, 0.5) is 0 Å². The van der Waals surface area contributed by atoms with Crippen molar-refractivity contribution in [3.63, 3.8) is 0 Å². The van der Waals surface area contributed by atoms with E-state index in [1.54, 1.807) is 0 Å². The standard InChI is InChI=1S/C11H19NS/c1-4-11(12-3)6-5-10-7-9(2)13-8-10/h7-8,11-12H,4-6H2,1-3H3. The Hall–Kier alpha value is -0.340. The van der Waals surface area contributed by atoms with Crippen LogP contribution in [0.3, 0.4) is 0 Å². The van der Waals surface area contributed by atoms with E-state index >= 15 is 0 Å². The van der Waals surface area contributed by atoms with Gasteiger partial charge in [-0.2, -0.15) is 0 Å². The van der Waals surface area contributed by atoms with Gasteiger partial charge in [0.2, 0.25) is 0 Å². The second-order valence-electron chi connectivity index (χ2n) is 3.50. The van der Waals surface area contributed by atoms with Crippen LogP contribution in [0.2, 0.25) is 0 Å². The third-order valence-electron chi connectivity index (χ3n) is 2.47. The van der Waals surface area contributed by atoms with Gasteiger partial charge in [0.1, 0.15) is 0 Å². The first-order valence-electron chi connectivity index (χ1n) is 4.97. The van der Waals surface area contributed by atoms with Gasteiger partial charge in [-0.15, -0.1) is 11.3 Å². The van der Waals surface area contributed by atoms with Gasteiger partial charge < -0.3 is 5.32 Å². The summed E-state index contributed by atoms with van der Waals surface area (Å²) in [6, 6.07) is 2.98. The van der Waals surface area contributed by atoms with E-state index in [4.69, 9.17) is 0 Å². The van der Waals surface area contributed by atoms with E-state index in [2.05, 4.69) is 30.6 Å². The maximum Gasteiger partial charge on any atom is 0.00646 e. The Morgan fingerprint density at radius 3 is 2.77 bits per heavy atom. The highest BCUT2D eigenvalue weighted by atomic mass is 32.1. The number of rotatable bonds is 5. The third kappa shape index (κ3) is 3.49. The molecule has 0 aliphatic carbocycles. The first-order chi connectivity index (χ1) is 6.26. The van der Waals surface area contributed by atoms with Crippen molar-refractivity contribution in [2.75, 3.05) is 7.05 Å². The molecular weight excluding hydrogens is 178 g/mol. The fraction of sp³-hybridized carbons (Fsp3) is 0.636. The third-order valence-corrected chi connectivity index (χ3v) is 3.38. The number of aryl methyl sites for hydroxylation is 2. The summed E-state index contributed by atoms with van der Waals surface area (Å²) in [6.07, 6.45) is 3.69. The summed E-state index contributed by atoms with van der Waals surface area (Å²) < 4.78 is 0. The van der Waals surface area contributed by atoms with Crippen LogP contribution in [-0.2, 0) is 6.42 Å². The molecule has 1 atom stereocenters. The molecule has 1 nitrogen and oxygen atoms in total. The molecule has 1 unspecified atom stereocenters. The monoisotopic (exact) mass is 197 g/mol. The predicted molar refractivity (Wildman–Crippen MR) is 60.5 cm³/mol. The molecule has 1 N–H and O–H groups in total. The lowest BCUT2D eigenvalue weighted by Gasteiger charge is -2.12. The molecule has 0 saturated carbocycles. The Balaban J connectivity index is 2.33. The van der Waals surface area contributed by atoms with E-state index in [9.17, 15) is 0 Å². The summed E-state index contributed by atoms with van der Waals surface area (Å²) in [5, 5.41) is 5.61.